The Morgan fingerprint density at radius 3 is 2.75 bits per heavy atom. The molecule has 0 atom stereocenters. The molecule has 0 saturated heterocycles. The summed E-state index contributed by atoms with van der Waals surface area (Å²) < 4.78 is 0. The van der Waals surface area contributed by atoms with Crippen molar-refractivity contribution >= 4 is 11.8 Å². The first-order valence-corrected chi connectivity index (χ1v) is 6.45. The summed E-state index contributed by atoms with van der Waals surface area (Å²) in [5.41, 5.74) is 3.91. The predicted molar refractivity (Wildman–Crippen MR) is 83.3 cm³/mol. The van der Waals surface area contributed by atoms with E-state index < -0.39 is 0 Å². The number of aromatic nitrogens is 2. The maximum atomic E-state index is 5.40. The van der Waals surface area contributed by atoms with Gasteiger partial charge in [-0.15, -0.1) is 0 Å². The van der Waals surface area contributed by atoms with Crippen molar-refractivity contribution in [2.75, 3.05) is 0 Å². The molecule has 4 nitrogen and oxygen atoms in total. The molecule has 0 unspecified atom stereocenters. The smallest absolute Gasteiger partial charge is 0.0685 e. The maximum absolute atomic E-state index is 5.40. The summed E-state index contributed by atoms with van der Waals surface area (Å²) in [7, 11) is 0. The van der Waals surface area contributed by atoms with E-state index >= 15 is 0 Å². The number of allylic oxidation sites excluding steroid dienone is 3. The summed E-state index contributed by atoms with van der Waals surface area (Å²) in [6.45, 7) is 1.97. The Hall–Kier alpha value is -2.62. The highest BCUT2D eigenvalue weighted by molar-refractivity contribution is 5.96. The molecule has 0 aliphatic carbocycles. The predicted octanol–water partition coefficient (Wildman–Crippen LogP) is 2.84. The minimum atomic E-state index is 0.622. The zero-order valence-corrected chi connectivity index (χ0v) is 11.5. The first-order valence-electron chi connectivity index (χ1n) is 6.45. The minimum Gasteiger partial charge on any atom is -0.323 e. The summed E-state index contributed by atoms with van der Waals surface area (Å²) in [5, 5.41) is 10.8. The van der Waals surface area contributed by atoms with Crippen molar-refractivity contribution in [3.63, 3.8) is 0 Å². The van der Waals surface area contributed by atoms with Crippen LogP contribution in [0.1, 0.15) is 17.0 Å². The van der Waals surface area contributed by atoms with Crippen LogP contribution in [0.5, 0.6) is 0 Å². The second-order valence-corrected chi connectivity index (χ2v) is 4.47. The molecule has 0 fully saturated rings. The van der Waals surface area contributed by atoms with Gasteiger partial charge >= 0.3 is 0 Å². The molecular weight excluding hydrogens is 248 g/mol. The molecule has 0 aliphatic heterocycles. The average Bonchev–Trinajstić information content (AvgIpc) is 2.88. The first kappa shape index (κ1) is 13.8. The number of nitrogens with two attached hydrogens (primary N) is 1. The van der Waals surface area contributed by atoms with Gasteiger partial charge in [-0.05, 0) is 24.6 Å². The van der Waals surface area contributed by atoms with Gasteiger partial charge in [0.15, 0.2) is 0 Å². The normalized spacial score (nSPS) is 12.6. The van der Waals surface area contributed by atoms with Crippen LogP contribution in [0, 0.1) is 6.92 Å². The molecule has 1 aromatic heterocycles. The van der Waals surface area contributed by atoms with Gasteiger partial charge in [0.1, 0.15) is 0 Å². The van der Waals surface area contributed by atoms with E-state index in [0.717, 1.165) is 22.7 Å². The lowest BCUT2D eigenvalue weighted by Crippen LogP contribution is -2.03. The van der Waals surface area contributed by atoms with Crippen LogP contribution >= 0.6 is 0 Å². The van der Waals surface area contributed by atoms with E-state index in [2.05, 4.69) is 27.4 Å². The summed E-state index contributed by atoms with van der Waals surface area (Å²) in [4.78, 5) is 0. The molecule has 0 radical (unpaired) electrons. The number of hydrogen-bond acceptors (Lipinski definition) is 3. The Morgan fingerprint density at radius 1 is 1.30 bits per heavy atom. The molecule has 0 amide bonds. The topological polar surface area (TPSA) is 67.1 Å². The van der Waals surface area contributed by atoms with Crippen LogP contribution in [0.25, 0.3) is 6.08 Å². The van der Waals surface area contributed by atoms with Gasteiger partial charge in [-0.1, -0.05) is 48.6 Å². The zero-order chi connectivity index (χ0) is 14.2. The van der Waals surface area contributed by atoms with Crippen molar-refractivity contribution < 1.29 is 0 Å². The van der Waals surface area contributed by atoms with E-state index in [0.29, 0.717) is 6.42 Å². The van der Waals surface area contributed by atoms with Gasteiger partial charge in [0.25, 0.3) is 0 Å². The largest absolute Gasteiger partial charge is 0.323 e. The number of rotatable bonds is 5. The molecular formula is C16H18N4. The molecule has 0 bridgehead atoms. The van der Waals surface area contributed by atoms with E-state index in [9.17, 15) is 0 Å². The highest BCUT2D eigenvalue weighted by atomic mass is 15.1. The minimum absolute atomic E-state index is 0.622. The lowest BCUT2D eigenvalue weighted by molar-refractivity contribution is 0.998. The van der Waals surface area contributed by atoms with Gasteiger partial charge in [-0.25, -0.2) is 0 Å². The van der Waals surface area contributed by atoms with Crippen LogP contribution in [0.4, 0.5) is 0 Å². The highest BCUT2D eigenvalue weighted by Crippen LogP contribution is 2.03. The fourth-order valence-electron chi connectivity index (χ4n) is 1.80. The van der Waals surface area contributed by atoms with E-state index in [1.165, 1.54) is 0 Å². The van der Waals surface area contributed by atoms with Gasteiger partial charge in [-0.3, -0.25) is 5.10 Å². The molecule has 20 heavy (non-hydrogen) atoms. The molecule has 0 spiro atoms. The standard InChI is InChI=1S/C16H18N4/c1-13-11-16(20-19-13)12-15(18-17)10-6-5-9-14-7-3-2-4-8-14/h2-11H,12,17H2,1H3,(H,19,20)/b9-5+,10-6+,18-15+. The highest BCUT2D eigenvalue weighted by Gasteiger charge is 2.01. The van der Waals surface area contributed by atoms with Crippen molar-refractivity contribution in [1.29, 1.82) is 0 Å². The lowest BCUT2D eigenvalue weighted by atomic mass is 10.1. The molecule has 2 aromatic rings. The van der Waals surface area contributed by atoms with E-state index in [1.54, 1.807) is 0 Å². The van der Waals surface area contributed by atoms with Crippen molar-refractivity contribution in [3.8, 4) is 0 Å². The van der Waals surface area contributed by atoms with Crippen LogP contribution < -0.4 is 5.84 Å². The SMILES string of the molecule is Cc1cc(CC(/C=C/C=C/c2ccccc2)=N/N)n[nH]1. The van der Waals surface area contributed by atoms with E-state index in [1.807, 2.05) is 55.5 Å². The number of benzene rings is 1. The summed E-state index contributed by atoms with van der Waals surface area (Å²) in [6.07, 6.45) is 8.44. The second kappa shape index (κ2) is 7.09. The first-order chi connectivity index (χ1) is 9.78. The Bertz CT molecular complexity index is 621. The lowest BCUT2D eigenvalue weighted by Gasteiger charge is -1.95. The molecule has 4 heteroatoms. The molecule has 0 aliphatic rings. The number of nitrogens with one attached hydrogen (secondary N) is 1. The number of nitrogens with zero attached hydrogens (tertiary/aromatic N) is 2. The Balaban J connectivity index is 1.93. The number of H-pyrrole nitrogens is 1. The average molecular weight is 266 g/mol. The van der Waals surface area contributed by atoms with Crippen molar-refractivity contribution in [2.24, 2.45) is 10.9 Å². The van der Waals surface area contributed by atoms with Gasteiger partial charge in [0.2, 0.25) is 0 Å². The second-order valence-electron chi connectivity index (χ2n) is 4.47. The number of aromatic amines is 1. The Kier molecular flexibility index (Phi) is 4.89. The van der Waals surface area contributed by atoms with Gasteiger partial charge in [0, 0.05) is 12.1 Å². The fourth-order valence-corrected chi connectivity index (χ4v) is 1.80. The molecule has 102 valence electrons. The van der Waals surface area contributed by atoms with Gasteiger partial charge < -0.3 is 5.84 Å². The fraction of sp³-hybridized carbons (Fsp3) is 0.125. The number of aryl methyl sites for hydroxylation is 1. The maximum Gasteiger partial charge on any atom is 0.0685 e. The quantitative estimate of drug-likeness (QED) is 0.378. The molecule has 2 rings (SSSR count). The van der Waals surface area contributed by atoms with Crippen LogP contribution in [-0.4, -0.2) is 15.9 Å². The van der Waals surface area contributed by atoms with E-state index in [-0.39, 0.29) is 0 Å². The van der Waals surface area contributed by atoms with E-state index in [4.69, 9.17) is 5.84 Å². The molecule has 1 heterocycles. The van der Waals surface area contributed by atoms with Gasteiger partial charge in [-0.2, -0.15) is 10.2 Å². The third-order valence-corrected chi connectivity index (χ3v) is 2.78. The number of hydrogen-bond donors (Lipinski definition) is 2. The Labute approximate surface area is 118 Å². The van der Waals surface area contributed by atoms with Crippen molar-refractivity contribution in [3.05, 3.63) is 71.6 Å². The third-order valence-electron chi connectivity index (χ3n) is 2.78. The van der Waals surface area contributed by atoms with Crippen LogP contribution in [0.15, 0.2) is 59.7 Å². The third kappa shape index (κ3) is 4.24. The summed E-state index contributed by atoms with van der Waals surface area (Å²) in [5.74, 6) is 5.40. The van der Waals surface area contributed by atoms with Crippen molar-refractivity contribution in [2.45, 2.75) is 13.3 Å². The summed E-state index contributed by atoms with van der Waals surface area (Å²) in [6, 6.07) is 12.1. The van der Waals surface area contributed by atoms with Crippen LogP contribution in [-0.2, 0) is 6.42 Å². The molecule has 1 aromatic carbocycles. The monoisotopic (exact) mass is 266 g/mol. The van der Waals surface area contributed by atoms with Crippen LogP contribution in [0.3, 0.4) is 0 Å². The molecule has 0 saturated carbocycles. The van der Waals surface area contributed by atoms with Gasteiger partial charge in [0.05, 0.1) is 11.4 Å². The summed E-state index contributed by atoms with van der Waals surface area (Å²) >= 11 is 0. The number of hydrazone groups is 1. The molecule has 3 N–H and O–H groups in total. The zero-order valence-electron chi connectivity index (χ0n) is 11.5. The van der Waals surface area contributed by atoms with Crippen molar-refractivity contribution in [1.82, 2.24) is 10.2 Å². The van der Waals surface area contributed by atoms with Crippen LogP contribution in [0.2, 0.25) is 0 Å². The Morgan fingerprint density at radius 2 is 2.10 bits per heavy atom.